The first-order valence-corrected chi connectivity index (χ1v) is 5.95. The first-order valence-electron chi connectivity index (χ1n) is 5.95. The van der Waals surface area contributed by atoms with Gasteiger partial charge in [0.05, 0.1) is 6.61 Å². The molecule has 1 fully saturated rings. The minimum atomic E-state index is 0.197. The molecule has 0 unspecified atom stereocenters. The predicted octanol–water partition coefficient (Wildman–Crippen LogP) is 3.00. The largest absolute Gasteiger partial charge is 0.493 e. The van der Waals surface area contributed by atoms with Crippen molar-refractivity contribution < 1.29 is 9.53 Å². The topological polar surface area (TPSA) is 26.3 Å². The molecule has 0 saturated heterocycles. The molecule has 0 spiro atoms. The van der Waals surface area contributed by atoms with Crippen molar-refractivity contribution in [1.29, 1.82) is 0 Å². The van der Waals surface area contributed by atoms with Gasteiger partial charge >= 0.3 is 0 Å². The molecule has 0 heterocycles. The summed E-state index contributed by atoms with van der Waals surface area (Å²) in [7, 11) is 0. The second-order valence-corrected chi connectivity index (χ2v) is 4.63. The van der Waals surface area contributed by atoms with Crippen molar-refractivity contribution in [2.75, 3.05) is 6.61 Å². The van der Waals surface area contributed by atoms with Crippen LogP contribution in [-0.2, 0) is 11.2 Å². The molecule has 2 nitrogen and oxygen atoms in total. The molecule has 0 amide bonds. The Kier molecular flexibility index (Phi) is 3.60. The van der Waals surface area contributed by atoms with E-state index in [2.05, 4.69) is 0 Å². The highest BCUT2D eigenvalue weighted by molar-refractivity contribution is 5.78. The lowest BCUT2D eigenvalue weighted by Gasteiger charge is -2.25. The van der Waals surface area contributed by atoms with E-state index in [-0.39, 0.29) is 5.78 Å². The predicted molar refractivity (Wildman–Crippen MR) is 63.7 cm³/mol. The lowest BCUT2D eigenvalue weighted by molar-refractivity contribution is -0.116. The van der Waals surface area contributed by atoms with Gasteiger partial charge in [-0.1, -0.05) is 18.6 Å². The maximum absolute atomic E-state index is 10.9. The molecule has 2 heteroatoms. The Morgan fingerprint density at radius 2 is 2.00 bits per heavy atom. The second-order valence-electron chi connectivity index (χ2n) is 4.63. The van der Waals surface area contributed by atoms with E-state index in [1.54, 1.807) is 6.92 Å². The van der Waals surface area contributed by atoms with E-state index in [1.807, 2.05) is 24.3 Å². The van der Waals surface area contributed by atoms with Crippen molar-refractivity contribution in [3.63, 3.8) is 0 Å². The summed E-state index contributed by atoms with van der Waals surface area (Å²) in [6.07, 6.45) is 4.49. The number of rotatable bonds is 5. The summed E-state index contributed by atoms with van der Waals surface area (Å²) in [5.41, 5.74) is 1.06. The van der Waals surface area contributed by atoms with Gasteiger partial charge in [-0.3, -0.25) is 4.79 Å². The summed E-state index contributed by atoms with van der Waals surface area (Å²) in [6, 6.07) is 7.85. The zero-order chi connectivity index (χ0) is 11.4. The van der Waals surface area contributed by atoms with E-state index < -0.39 is 0 Å². The van der Waals surface area contributed by atoms with Crippen LogP contribution in [0.5, 0.6) is 5.75 Å². The van der Waals surface area contributed by atoms with Gasteiger partial charge in [-0.2, -0.15) is 0 Å². The summed E-state index contributed by atoms with van der Waals surface area (Å²) in [5, 5.41) is 0. The second kappa shape index (κ2) is 5.15. The van der Waals surface area contributed by atoms with Crippen LogP contribution in [0.1, 0.15) is 31.7 Å². The quantitative estimate of drug-likeness (QED) is 0.759. The zero-order valence-corrected chi connectivity index (χ0v) is 9.74. The molecule has 1 saturated carbocycles. The molecule has 2 rings (SSSR count). The van der Waals surface area contributed by atoms with Crippen LogP contribution in [0.4, 0.5) is 0 Å². The van der Waals surface area contributed by atoms with E-state index in [0.29, 0.717) is 6.42 Å². The van der Waals surface area contributed by atoms with E-state index in [0.717, 1.165) is 23.8 Å². The summed E-state index contributed by atoms with van der Waals surface area (Å²) in [6.45, 7) is 2.45. The number of carbonyl (C=O) groups excluding carboxylic acids is 1. The Labute approximate surface area is 96.6 Å². The summed E-state index contributed by atoms with van der Waals surface area (Å²) >= 11 is 0. The molecule has 0 atom stereocenters. The molecule has 0 bridgehead atoms. The number of ether oxygens (including phenoxy) is 1. The number of carbonyl (C=O) groups is 1. The van der Waals surface area contributed by atoms with E-state index in [4.69, 9.17) is 4.74 Å². The maximum Gasteiger partial charge on any atom is 0.134 e. The highest BCUT2D eigenvalue weighted by Gasteiger charge is 2.17. The number of ketones is 1. The van der Waals surface area contributed by atoms with Crippen LogP contribution in [0.15, 0.2) is 24.3 Å². The van der Waals surface area contributed by atoms with Gasteiger partial charge in [0, 0.05) is 6.42 Å². The molecule has 86 valence electrons. The average molecular weight is 218 g/mol. The van der Waals surface area contributed by atoms with Crippen LogP contribution >= 0.6 is 0 Å². The van der Waals surface area contributed by atoms with Crippen molar-refractivity contribution in [3.8, 4) is 5.75 Å². The maximum atomic E-state index is 10.9. The summed E-state index contributed by atoms with van der Waals surface area (Å²) in [4.78, 5) is 10.9. The van der Waals surface area contributed by atoms with Crippen molar-refractivity contribution in [3.05, 3.63) is 29.8 Å². The highest BCUT2D eigenvalue weighted by Crippen LogP contribution is 2.27. The van der Waals surface area contributed by atoms with Gasteiger partial charge < -0.3 is 4.74 Å². The van der Waals surface area contributed by atoms with Crippen LogP contribution < -0.4 is 4.74 Å². The smallest absolute Gasteiger partial charge is 0.134 e. The van der Waals surface area contributed by atoms with Crippen LogP contribution in [0, 0.1) is 5.92 Å². The average Bonchev–Trinajstić information content (AvgIpc) is 2.17. The standard InChI is InChI=1S/C14H18O2/c1-11(15)9-12-5-7-14(8-6-12)16-10-13-3-2-4-13/h5-8,13H,2-4,9-10H2,1H3. The van der Waals surface area contributed by atoms with Crippen LogP contribution in [-0.4, -0.2) is 12.4 Å². The fourth-order valence-electron chi connectivity index (χ4n) is 1.86. The Bertz CT molecular complexity index is 350. The number of benzene rings is 1. The molecule has 1 aromatic carbocycles. The van der Waals surface area contributed by atoms with Crippen LogP contribution in [0.25, 0.3) is 0 Å². The Morgan fingerprint density at radius 3 is 2.50 bits per heavy atom. The van der Waals surface area contributed by atoms with Crippen molar-refractivity contribution in [1.82, 2.24) is 0 Å². The Balaban J connectivity index is 1.83. The zero-order valence-electron chi connectivity index (χ0n) is 9.74. The first-order chi connectivity index (χ1) is 7.74. The normalized spacial score (nSPS) is 15.6. The SMILES string of the molecule is CC(=O)Cc1ccc(OCC2CCC2)cc1. The molecule has 1 aliphatic carbocycles. The number of hydrogen-bond donors (Lipinski definition) is 0. The van der Waals surface area contributed by atoms with Gasteiger partial charge in [0.1, 0.15) is 11.5 Å². The van der Waals surface area contributed by atoms with Crippen LogP contribution in [0.2, 0.25) is 0 Å². The first kappa shape index (κ1) is 11.2. The third kappa shape index (κ3) is 3.09. The third-order valence-corrected chi connectivity index (χ3v) is 3.09. The monoisotopic (exact) mass is 218 g/mol. The molecule has 0 N–H and O–H groups in total. The molecular weight excluding hydrogens is 200 g/mol. The number of Topliss-reactive ketones (excluding diaryl/α,β-unsaturated/α-hetero) is 1. The fraction of sp³-hybridized carbons (Fsp3) is 0.500. The molecule has 0 aromatic heterocycles. The minimum absolute atomic E-state index is 0.197. The highest BCUT2D eigenvalue weighted by atomic mass is 16.5. The molecule has 0 radical (unpaired) electrons. The number of hydrogen-bond acceptors (Lipinski definition) is 2. The van der Waals surface area contributed by atoms with Gasteiger partial charge in [-0.25, -0.2) is 0 Å². The van der Waals surface area contributed by atoms with Crippen molar-refractivity contribution >= 4 is 5.78 Å². The molecule has 1 aromatic rings. The van der Waals surface area contributed by atoms with E-state index in [9.17, 15) is 4.79 Å². The van der Waals surface area contributed by atoms with Gasteiger partial charge in [0.2, 0.25) is 0 Å². The minimum Gasteiger partial charge on any atom is -0.493 e. The molecule has 16 heavy (non-hydrogen) atoms. The van der Waals surface area contributed by atoms with E-state index >= 15 is 0 Å². The van der Waals surface area contributed by atoms with Gasteiger partial charge in [0.25, 0.3) is 0 Å². The van der Waals surface area contributed by atoms with Gasteiger partial charge in [-0.05, 0) is 43.4 Å². The summed E-state index contributed by atoms with van der Waals surface area (Å²) in [5.74, 6) is 1.87. The summed E-state index contributed by atoms with van der Waals surface area (Å²) < 4.78 is 5.68. The Morgan fingerprint density at radius 1 is 1.31 bits per heavy atom. The van der Waals surface area contributed by atoms with Gasteiger partial charge in [-0.15, -0.1) is 0 Å². The lowest BCUT2D eigenvalue weighted by Crippen LogP contribution is -2.19. The molecular formula is C14H18O2. The van der Waals surface area contributed by atoms with Gasteiger partial charge in [0.15, 0.2) is 0 Å². The Hall–Kier alpha value is -1.31. The van der Waals surface area contributed by atoms with Crippen LogP contribution in [0.3, 0.4) is 0 Å². The van der Waals surface area contributed by atoms with Crippen molar-refractivity contribution in [2.45, 2.75) is 32.6 Å². The van der Waals surface area contributed by atoms with Crippen molar-refractivity contribution in [2.24, 2.45) is 5.92 Å². The third-order valence-electron chi connectivity index (χ3n) is 3.09. The fourth-order valence-corrected chi connectivity index (χ4v) is 1.86. The lowest BCUT2D eigenvalue weighted by atomic mass is 9.86. The molecule has 1 aliphatic rings. The molecule has 0 aliphatic heterocycles. The van der Waals surface area contributed by atoms with E-state index in [1.165, 1.54) is 19.3 Å².